The molecule has 0 saturated heterocycles. The molecule has 0 spiro atoms. The summed E-state index contributed by atoms with van der Waals surface area (Å²) in [6.07, 6.45) is 0.617. The van der Waals surface area contributed by atoms with Crippen LogP contribution in [-0.4, -0.2) is 79.6 Å². The van der Waals surface area contributed by atoms with Crippen LogP contribution < -0.4 is 10.1 Å². The number of benzene rings is 1. The molecule has 0 fully saturated rings. The predicted octanol–water partition coefficient (Wildman–Crippen LogP) is 2.49. The van der Waals surface area contributed by atoms with Gasteiger partial charge in [-0.1, -0.05) is 5.21 Å². The van der Waals surface area contributed by atoms with Gasteiger partial charge in [0.15, 0.2) is 11.6 Å². The van der Waals surface area contributed by atoms with Gasteiger partial charge in [0, 0.05) is 38.5 Å². The Morgan fingerprint density at radius 2 is 2.02 bits per heavy atom. The number of fused-ring (bicyclic) bond motifs is 1. The van der Waals surface area contributed by atoms with Crippen LogP contribution in [0.3, 0.4) is 0 Å². The first-order valence-corrected chi connectivity index (χ1v) is 12.8. The van der Waals surface area contributed by atoms with Gasteiger partial charge < -0.3 is 14.8 Å². The van der Waals surface area contributed by atoms with E-state index >= 15 is 4.39 Å². The third-order valence-corrected chi connectivity index (χ3v) is 6.77. The largest absolute Gasteiger partial charge is 0.494 e. The Labute approximate surface area is 233 Å². The van der Waals surface area contributed by atoms with Gasteiger partial charge in [-0.2, -0.15) is 10.2 Å². The van der Waals surface area contributed by atoms with Crippen LogP contribution in [0.1, 0.15) is 44.7 Å². The van der Waals surface area contributed by atoms with E-state index in [9.17, 15) is 13.6 Å². The van der Waals surface area contributed by atoms with Crippen LogP contribution in [0, 0.1) is 12.7 Å². The number of carbonyl (C=O) groups excluding carboxylic acids is 1. The fraction of sp³-hybridized carbons (Fsp3) is 0.423. The van der Waals surface area contributed by atoms with Crippen molar-refractivity contribution in [1.82, 2.24) is 44.8 Å². The maximum Gasteiger partial charge on any atom is 0.261 e. The van der Waals surface area contributed by atoms with Gasteiger partial charge >= 0.3 is 0 Å². The molecule has 1 N–H and O–H groups in total. The van der Waals surface area contributed by atoms with Crippen molar-refractivity contribution in [1.29, 1.82) is 0 Å². The summed E-state index contributed by atoms with van der Waals surface area (Å²) in [5.41, 5.74) is 2.99. The average molecular weight is 574 g/mol. The molecular weight excluding hydrogens is 543 g/mol. The van der Waals surface area contributed by atoms with Crippen LogP contribution in [0.5, 0.6) is 5.75 Å². The Morgan fingerprint density at radius 1 is 1.22 bits per heavy atom. The average Bonchev–Trinajstić information content (AvgIpc) is 3.65. The van der Waals surface area contributed by atoms with Gasteiger partial charge in [0.05, 0.1) is 54.8 Å². The number of nitrogens with one attached hydrogen (secondary N) is 1. The summed E-state index contributed by atoms with van der Waals surface area (Å²) >= 11 is 0. The van der Waals surface area contributed by atoms with Crippen molar-refractivity contribution in [3.05, 3.63) is 70.3 Å². The summed E-state index contributed by atoms with van der Waals surface area (Å²) in [5.74, 6) is -1.12. The molecule has 1 amide bonds. The minimum atomic E-state index is -2.55. The number of methoxy groups -OCH3 is 2. The summed E-state index contributed by atoms with van der Waals surface area (Å²) in [7, 11) is 4.62. The Balaban J connectivity index is 1.37. The molecule has 4 aromatic rings. The highest BCUT2D eigenvalue weighted by Gasteiger charge is 2.31. The molecule has 41 heavy (non-hydrogen) atoms. The van der Waals surface area contributed by atoms with E-state index in [1.165, 1.54) is 40.5 Å². The molecule has 1 aliphatic heterocycles. The minimum Gasteiger partial charge on any atom is -0.494 e. The molecule has 12 nitrogen and oxygen atoms in total. The number of halogens is 3. The molecule has 0 radical (unpaired) electrons. The minimum absolute atomic E-state index is 0.0192. The van der Waals surface area contributed by atoms with Crippen molar-refractivity contribution in [2.75, 3.05) is 27.8 Å². The standard InChI is InChI=1S/C26H30F3N9O3/c1-15-9-37(34-31-15)21-5-6-23(41-4)24(27)18(21)8-30-26(39)19-12-36(33-20(19)14-40-3)10-16-7-17-11-35(2)13-22(25(28)29)38(17)32-16/h5-7,9,12,22,25H,8,10-11,13-14H2,1-4H3,(H,30,39). The lowest BCUT2D eigenvalue weighted by molar-refractivity contribution is 0.0404. The smallest absolute Gasteiger partial charge is 0.261 e. The first-order chi connectivity index (χ1) is 19.7. The topological polar surface area (TPSA) is 117 Å². The lowest BCUT2D eigenvalue weighted by Crippen LogP contribution is -2.38. The normalized spacial score (nSPS) is 15.4. The maximum absolute atomic E-state index is 15.3. The van der Waals surface area contributed by atoms with Crippen LogP contribution >= 0.6 is 0 Å². The summed E-state index contributed by atoms with van der Waals surface area (Å²) in [5, 5.41) is 19.6. The second kappa shape index (κ2) is 11.7. The Kier molecular flexibility index (Phi) is 8.08. The highest BCUT2D eigenvalue weighted by molar-refractivity contribution is 5.95. The fourth-order valence-corrected chi connectivity index (χ4v) is 4.90. The van der Waals surface area contributed by atoms with Gasteiger partial charge in [0.1, 0.15) is 11.7 Å². The number of alkyl halides is 2. The molecule has 1 aliphatic rings. The highest BCUT2D eigenvalue weighted by atomic mass is 19.3. The summed E-state index contributed by atoms with van der Waals surface area (Å²) in [6, 6.07) is 3.83. The fourth-order valence-electron chi connectivity index (χ4n) is 4.90. The zero-order chi connectivity index (χ0) is 29.3. The first kappa shape index (κ1) is 28.3. The van der Waals surface area contributed by atoms with Gasteiger partial charge in [-0.25, -0.2) is 17.9 Å². The molecule has 5 rings (SSSR count). The zero-order valence-corrected chi connectivity index (χ0v) is 23.0. The van der Waals surface area contributed by atoms with Crippen molar-refractivity contribution in [2.24, 2.45) is 0 Å². The number of hydrogen-bond donors (Lipinski definition) is 1. The molecule has 1 aromatic carbocycles. The lowest BCUT2D eigenvalue weighted by Gasteiger charge is -2.30. The second-order valence-corrected chi connectivity index (χ2v) is 9.86. The Bertz CT molecular complexity index is 1550. The van der Waals surface area contributed by atoms with E-state index in [2.05, 4.69) is 25.8 Å². The maximum atomic E-state index is 15.3. The number of likely N-dealkylation sites (N-methyl/N-ethyl adjacent to an activating group) is 1. The van der Waals surface area contributed by atoms with E-state index in [4.69, 9.17) is 9.47 Å². The van der Waals surface area contributed by atoms with Crippen molar-refractivity contribution in [2.45, 2.75) is 45.6 Å². The third kappa shape index (κ3) is 5.81. The van der Waals surface area contributed by atoms with Crippen molar-refractivity contribution >= 4 is 5.91 Å². The van der Waals surface area contributed by atoms with Crippen LogP contribution in [0.2, 0.25) is 0 Å². The number of nitrogens with zero attached hydrogens (tertiary/aromatic N) is 8. The van der Waals surface area contributed by atoms with E-state index in [0.29, 0.717) is 35.0 Å². The first-order valence-electron chi connectivity index (χ1n) is 12.8. The van der Waals surface area contributed by atoms with E-state index in [0.717, 1.165) is 0 Å². The highest BCUT2D eigenvalue weighted by Crippen LogP contribution is 2.27. The molecule has 0 saturated carbocycles. The number of aryl methyl sites for hydroxylation is 1. The third-order valence-electron chi connectivity index (χ3n) is 6.77. The van der Waals surface area contributed by atoms with Crippen molar-refractivity contribution in [3.8, 4) is 11.4 Å². The Hall–Kier alpha value is -4.24. The molecule has 0 aliphatic carbocycles. The van der Waals surface area contributed by atoms with E-state index in [-0.39, 0.29) is 43.1 Å². The van der Waals surface area contributed by atoms with Gasteiger partial charge in [0.2, 0.25) is 0 Å². The van der Waals surface area contributed by atoms with Gasteiger partial charge in [-0.3, -0.25) is 19.1 Å². The molecule has 0 bridgehead atoms. The molecule has 15 heteroatoms. The van der Waals surface area contributed by atoms with E-state index in [1.807, 2.05) is 4.90 Å². The van der Waals surface area contributed by atoms with Crippen molar-refractivity contribution < 1.29 is 27.4 Å². The summed E-state index contributed by atoms with van der Waals surface area (Å²) < 4.78 is 57.2. The summed E-state index contributed by atoms with van der Waals surface area (Å²) in [6.45, 7) is 2.48. The second-order valence-electron chi connectivity index (χ2n) is 9.86. The number of amides is 1. The quantitative estimate of drug-likeness (QED) is 0.308. The number of aromatic nitrogens is 7. The zero-order valence-electron chi connectivity index (χ0n) is 23.0. The molecule has 3 aromatic heterocycles. The molecule has 1 unspecified atom stereocenters. The van der Waals surface area contributed by atoms with Gasteiger partial charge in [0.25, 0.3) is 12.3 Å². The van der Waals surface area contributed by atoms with Gasteiger partial charge in [-0.15, -0.1) is 5.10 Å². The van der Waals surface area contributed by atoms with Crippen molar-refractivity contribution in [3.63, 3.8) is 0 Å². The van der Waals surface area contributed by atoms with Gasteiger partial charge in [-0.05, 0) is 32.2 Å². The number of rotatable bonds is 10. The lowest BCUT2D eigenvalue weighted by atomic mass is 10.1. The van der Waals surface area contributed by atoms with Crippen LogP contribution in [0.4, 0.5) is 13.2 Å². The number of ether oxygens (including phenoxy) is 2. The van der Waals surface area contributed by atoms with Crippen LogP contribution in [-0.2, 0) is 31.0 Å². The van der Waals surface area contributed by atoms with E-state index < -0.39 is 24.2 Å². The number of hydrogen-bond acceptors (Lipinski definition) is 8. The molecular formula is C26H30F3N9O3. The monoisotopic (exact) mass is 573 g/mol. The molecule has 218 valence electrons. The van der Waals surface area contributed by atoms with Crippen LogP contribution in [0.25, 0.3) is 5.69 Å². The SMILES string of the molecule is COCc1nn(Cc2cc3n(n2)C(C(F)F)CN(C)C3)cc1C(=O)NCc1c(-n2cc(C)nn2)ccc(OC)c1F. The molecule has 4 heterocycles. The summed E-state index contributed by atoms with van der Waals surface area (Å²) in [4.78, 5) is 15.1. The van der Waals surface area contributed by atoms with E-state index in [1.54, 1.807) is 32.3 Å². The Morgan fingerprint density at radius 3 is 2.71 bits per heavy atom. The predicted molar refractivity (Wildman–Crippen MR) is 139 cm³/mol. The van der Waals surface area contributed by atoms with Crippen LogP contribution in [0.15, 0.2) is 30.6 Å². The molecule has 1 atom stereocenters. The number of carbonyl (C=O) groups is 1.